The van der Waals surface area contributed by atoms with Crippen molar-refractivity contribution in [3.05, 3.63) is 0 Å². The van der Waals surface area contributed by atoms with Crippen molar-refractivity contribution in [2.75, 3.05) is 0 Å². The second kappa shape index (κ2) is 2.73. The lowest BCUT2D eigenvalue weighted by Crippen LogP contribution is -1.80. The average molecular weight is 126 g/mol. The quantitative estimate of drug-likeness (QED) is 0.253. The molecule has 0 aliphatic heterocycles. The molecule has 0 aromatic heterocycles. The molecule has 0 aromatic carbocycles. The summed E-state index contributed by atoms with van der Waals surface area (Å²) in [5, 5.41) is 0. The van der Waals surface area contributed by atoms with Gasteiger partial charge in [0.05, 0.1) is 0 Å². The van der Waals surface area contributed by atoms with Gasteiger partial charge in [0, 0.05) is 0 Å². The topological polar surface area (TPSA) is 54.4 Å². The predicted molar refractivity (Wildman–Crippen MR) is 21.2 cm³/mol. The second-order valence-electron chi connectivity index (χ2n) is 0.412. The molecular formula is H3FMgO3S. The highest BCUT2D eigenvalue weighted by Crippen LogP contribution is 1.74. The molecule has 0 bridgehead atoms. The first-order chi connectivity index (χ1) is 2.00. The van der Waals surface area contributed by atoms with Crippen molar-refractivity contribution in [1.29, 1.82) is 0 Å². The van der Waals surface area contributed by atoms with Crippen molar-refractivity contribution in [3.63, 3.8) is 0 Å². The minimum absolute atomic E-state index is 0. The van der Waals surface area contributed by atoms with Gasteiger partial charge in [-0.1, -0.05) is 3.89 Å². The Labute approximate surface area is 50.7 Å². The first-order valence-corrected chi connectivity index (χ1v) is 2.01. The molecule has 0 atom stereocenters. The Bertz CT molecular complexity index is 94.0. The number of hydrogen-bond acceptors (Lipinski definition) is 2. The van der Waals surface area contributed by atoms with E-state index in [1.807, 2.05) is 0 Å². The van der Waals surface area contributed by atoms with E-state index in [9.17, 15) is 3.89 Å². The summed E-state index contributed by atoms with van der Waals surface area (Å²) in [6, 6.07) is 0. The summed E-state index contributed by atoms with van der Waals surface area (Å²) in [5.41, 5.74) is 0. The summed E-state index contributed by atoms with van der Waals surface area (Å²) >= 11 is 0. The summed E-state index contributed by atoms with van der Waals surface area (Å²) in [5.74, 6) is 0. The van der Waals surface area contributed by atoms with Gasteiger partial charge in [-0.15, -0.1) is 0 Å². The summed E-state index contributed by atoms with van der Waals surface area (Å²) in [6.07, 6.45) is 0. The fraction of sp³-hybridized carbons (Fsp3) is 0. The number of halogens is 1. The molecule has 0 aliphatic rings. The van der Waals surface area contributed by atoms with Gasteiger partial charge in [-0.05, 0) is 0 Å². The predicted octanol–water partition coefficient (Wildman–Crippen LogP) is -1.16. The Hall–Kier alpha value is 0.606. The highest BCUT2D eigenvalue weighted by Gasteiger charge is 1.89. The van der Waals surface area contributed by atoms with E-state index in [-0.39, 0.29) is 23.1 Å². The van der Waals surface area contributed by atoms with E-state index in [0.29, 0.717) is 0 Å². The number of hydrogen-bond donors (Lipinski definition) is 1. The van der Waals surface area contributed by atoms with Gasteiger partial charge in [0.25, 0.3) is 0 Å². The largest absolute Gasteiger partial charge is 0.435 e. The minimum atomic E-state index is -5.17. The number of rotatable bonds is 0. The van der Waals surface area contributed by atoms with E-state index < -0.39 is 10.5 Å². The third kappa shape index (κ3) is 163. The zero-order chi connectivity index (χ0) is 4.50. The van der Waals surface area contributed by atoms with Crippen LogP contribution in [0.3, 0.4) is 0 Å². The van der Waals surface area contributed by atoms with Crippen LogP contribution in [0, 0.1) is 0 Å². The van der Waals surface area contributed by atoms with E-state index in [1.165, 1.54) is 0 Å². The molecular weight excluding hydrogens is 123 g/mol. The smallest absolute Gasteiger partial charge is 0.260 e. The van der Waals surface area contributed by atoms with Crippen molar-refractivity contribution in [2.24, 2.45) is 0 Å². The molecule has 0 saturated heterocycles. The van der Waals surface area contributed by atoms with Crippen molar-refractivity contribution in [2.45, 2.75) is 0 Å². The van der Waals surface area contributed by atoms with Crippen molar-refractivity contribution in [1.82, 2.24) is 0 Å². The van der Waals surface area contributed by atoms with Crippen molar-refractivity contribution >= 4 is 33.6 Å². The SMILES string of the molecule is O=S(=O)(O)F.[MgH2]. The lowest BCUT2D eigenvalue weighted by Gasteiger charge is -1.63. The highest BCUT2D eigenvalue weighted by atomic mass is 32.3. The first kappa shape index (κ1) is 9.79. The van der Waals surface area contributed by atoms with Crippen molar-refractivity contribution in [3.8, 4) is 0 Å². The minimum Gasteiger partial charge on any atom is -0.260 e. The Balaban J connectivity index is 0. The Morgan fingerprint density at radius 3 is 1.50 bits per heavy atom. The van der Waals surface area contributed by atoms with E-state index in [1.54, 1.807) is 0 Å². The van der Waals surface area contributed by atoms with Gasteiger partial charge in [-0.3, -0.25) is 4.55 Å². The summed E-state index contributed by atoms with van der Waals surface area (Å²) < 4.78 is 34.1. The maximum absolute atomic E-state index is 10.2. The maximum atomic E-state index is 10.2. The maximum Gasteiger partial charge on any atom is 0.435 e. The van der Waals surface area contributed by atoms with E-state index in [0.717, 1.165) is 0 Å². The van der Waals surface area contributed by atoms with E-state index >= 15 is 0 Å². The Kier molecular flexibility index (Phi) is 4.45. The van der Waals surface area contributed by atoms with Gasteiger partial charge >= 0.3 is 33.6 Å². The van der Waals surface area contributed by atoms with Gasteiger partial charge in [0.1, 0.15) is 0 Å². The second-order valence-corrected chi connectivity index (χ2v) is 1.24. The van der Waals surface area contributed by atoms with Gasteiger partial charge in [0.2, 0.25) is 0 Å². The zero-order valence-corrected chi connectivity index (χ0v) is 2.87. The molecule has 1 N–H and O–H groups in total. The highest BCUT2D eigenvalue weighted by molar-refractivity contribution is 7.80. The van der Waals surface area contributed by atoms with Crippen molar-refractivity contribution < 1.29 is 16.9 Å². The van der Waals surface area contributed by atoms with Crippen LogP contribution >= 0.6 is 0 Å². The zero-order valence-electron chi connectivity index (χ0n) is 2.05. The van der Waals surface area contributed by atoms with Crippen LogP contribution in [0.15, 0.2) is 0 Å². The van der Waals surface area contributed by atoms with Gasteiger partial charge in [-0.2, -0.15) is 8.42 Å². The lowest BCUT2D eigenvalue weighted by molar-refractivity contribution is 0.435. The Morgan fingerprint density at radius 1 is 1.50 bits per heavy atom. The summed E-state index contributed by atoms with van der Waals surface area (Å²) in [7, 11) is -5.17. The van der Waals surface area contributed by atoms with Crippen LogP contribution in [0.25, 0.3) is 0 Å². The first-order valence-electron chi connectivity index (χ1n) is 0.670. The fourth-order valence-electron chi connectivity index (χ4n) is 0. The molecule has 0 heterocycles. The van der Waals surface area contributed by atoms with Crippen LogP contribution in [-0.4, -0.2) is 36.0 Å². The summed E-state index contributed by atoms with van der Waals surface area (Å²) in [4.78, 5) is 0. The standard InChI is InChI=1S/FHO3S.Mg.2H/c1-5(2,3)4;;;/h(H,2,3,4);;;. The van der Waals surface area contributed by atoms with Crippen LogP contribution in [0.2, 0.25) is 0 Å². The molecule has 36 valence electrons. The third-order valence-corrected chi connectivity index (χ3v) is 0. The van der Waals surface area contributed by atoms with Gasteiger partial charge < -0.3 is 0 Å². The Morgan fingerprint density at radius 2 is 1.50 bits per heavy atom. The average Bonchev–Trinajstić information content (AvgIpc) is 0.722. The van der Waals surface area contributed by atoms with E-state index in [4.69, 9.17) is 13.0 Å². The van der Waals surface area contributed by atoms with Crippen LogP contribution < -0.4 is 0 Å². The van der Waals surface area contributed by atoms with Crippen LogP contribution in [0.1, 0.15) is 0 Å². The molecule has 0 rings (SSSR count). The molecule has 0 aliphatic carbocycles. The monoisotopic (exact) mass is 126 g/mol. The van der Waals surface area contributed by atoms with Gasteiger partial charge in [0.15, 0.2) is 0 Å². The molecule has 0 saturated carbocycles. The molecule has 6 heavy (non-hydrogen) atoms. The lowest BCUT2D eigenvalue weighted by atomic mass is 15.9. The normalized spacial score (nSPS) is 9.67. The third-order valence-electron chi connectivity index (χ3n) is 0. The summed E-state index contributed by atoms with van der Waals surface area (Å²) in [6.45, 7) is 0. The molecule has 0 radical (unpaired) electrons. The molecule has 0 unspecified atom stereocenters. The van der Waals surface area contributed by atoms with Crippen LogP contribution in [-0.2, 0) is 10.5 Å². The molecule has 3 nitrogen and oxygen atoms in total. The molecule has 0 spiro atoms. The fourth-order valence-corrected chi connectivity index (χ4v) is 0. The molecule has 0 amide bonds. The molecule has 0 aromatic rings. The van der Waals surface area contributed by atoms with E-state index in [2.05, 4.69) is 0 Å². The molecule has 0 fully saturated rings. The van der Waals surface area contributed by atoms with Gasteiger partial charge in [-0.25, -0.2) is 0 Å². The molecule has 6 heteroatoms. The van der Waals surface area contributed by atoms with Crippen LogP contribution in [0.4, 0.5) is 3.89 Å². The van der Waals surface area contributed by atoms with Crippen LogP contribution in [0.5, 0.6) is 0 Å².